The number of nitrogens with zero attached hydrogens (tertiary/aromatic N) is 2. The number of hydrogen-bond donors (Lipinski definition) is 0. The van der Waals surface area contributed by atoms with Crippen LogP contribution in [-0.4, -0.2) is 20.7 Å². The third kappa shape index (κ3) is 3.80. The Hall–Kier alpha value is -3.08. The molecule has 0 spiro atoms. The summed E-state index contributed by atoms with van der Waals surface area (Å²) >= 11 is 0. The Bertz CT molecular complexity index is 1810. The van der Waals surface area contributed by atoms with Crippen molar-refractivity contribution in [1.29, 1.82) is 0 Å². The van der Waals surface area contributed by atoms with Crippen molar-refractivity contribution in [2.75, 3.05) is 0 Å². The maximum atomic E-state index is 14.5. The van der Waals surface area contributed by atoms with Crippen molar-refractivity contribution in [3.8, 4) is 0 Å². The van der Waals surface area contributed by atoms with Crippen LogP contribution < -0.4 is 0 Å². The van der Waals surface area contributed by atoms with Gasteiger partial charge in [-0.25, -0.2) is 0 Å². The number of fused-ring (bicyclic) bond motifs is 2. The van der Waals surface area contributed by atoms with E-state index in [-0.39, 0.29) is 30.1 Å². The summed E-state index contributed by atoms with van der Waals surface area (Å²) in [6.07, 6.45) is 0. The Morgan fingerprint density at radius 2 is 0.683 bits per heavy atom. The Kier molecular flexibility index (Phi) is 7.55. The molecule has 0 saturated carbocycles. The molecule has 5 heteroatoms. The summed E-state index contributed by atoms with van der Waals surface area (Å²) in [6.45, 7) is 25.0. The molecule has 0 unspecified atom stereocenters. The third-order valence-corrected chi connectivity index (χ3v) is 10.6. The number of rotatable bonds is 2. The molecular weight excluding hydrogens is 543 g/mol. The molecule has 2 aromatic carbocycles. The minimum atomic E-state index is -0.0485. The van der Waals surface area contributed by atoms with E-state index in [9.17, 15) is 9.59 Å². The van der Waals surface area contributed by atoms with Gasteiger partial charge in [-0.3, -0.25) is 9.59 Å². The van der Waals surface area contributed by atoms with Gasteiger partial charge in [-0.1, -0.05) is 0 Å². The number of allylic oxidation sites excluding steroid dienone is 4. The molecule has 1 aliphatic carbocycles. The fraction of sp³-hybridized carbons (Fsp3) is 0.389. The van der Waals surface area contributed by atoms with Crippen LogP contribution in [0.3, 0.4) is 0 Å². The quantitative estimate of drug-likeness (QED) is 0.223. The fourth-order valence-electron chi connectivity index (χ4n) is 7.22. The Morgan fingerprint density at radius 1 is 0.415 bits per heavy atom. The van der Waals surface area contributed by atoms with E-state index < -0.39 is 0 Å². The van der Waals surface area contributed by atoms with Crippen molar-refractivity contribution in [2.24, 2.45) is 14.1 Å². The van der Waals surface area contributed by atoms with E-state index in [1.165, 1.54) is 44.5 Å². The smallest absolute Gasteiger partial charge is 0.190 e. The van der Waals surface area contributed by atoms with Crippen LogP contribution >= 0.6 is 0 Å². The summed E-state index contributed by atoms with van der Waals surface area (Å²) in [5.41, 5.74) is 18.1. The second-order valence-corrected chi connectivity index (χ2v) is 12.1. The molecule has 0 aliphatic heterocycles. The molecule has 1 radical (unpaired) electrons. The molecule has 2 aromatic heterocycles. The average molecular weight is 586 g/mol. The zero-order valence-corrected chi connectivity index (χ0v) is 28.6. The van der Waals surface area contributed by atoms with Crippen LogP contribution in [0.1, 0.15) is 80.9 Å². The fourth-order valence-corrected chi connectivity index (χ4v) is 7.22. The van der Waals surface area contributed by atoms with Crippen molar-refractivity contribution in [1.82, 2.24) is 9.13 Å². The van der Waals surface area contributed by atoms with E-state index in [0.717, 1.165) is 44.3 Å². The minimum Gasteiger partial charge on any atom is -0.347 e. The standard InChI is InChI=1S/C36H42N2O2.V/c1-15-17(3)21(7)33-27(19(15)5)31(25(11)37(33)13)29-23(9)36(40)30(24(10)35(29)39)32-26(12)38(14)34-22(8)18(4)16(2)20(6)28(32)34;/h1-14H3;. The number of benzene rings is 2. The molecule has 0 N–H and O–H groups in total. The van der Waals surface area contributed by atoms with Gasteiger partial charge in [-0.15, -0.1) is 0 Å². The van der Waals surface area contributed by atoms with Gasteiger partial charge in [0.15, 0.2) is 11.6 Å². The summed E-state index contributed by atoms with van der Waals surface area (Å²) in [5, 5.41) is 2.18. The molecule has 0 amide bonds. The molecular formula is C36H42N2O2V. The van der Waals surface area contributed by atoms with Crippen LogP contribution in [0.5, 0.6) is 0 Å². The largest absolute Gasteiger partial charge is 0.347 e. The number of carbonyl (C=O) groups excluding carboxylic acids is 2. The van der Waals surface area contributed by atoms with Gasteiger partial charge in [0.2, 0.25) is 0 Å². The van der Waals surface area contributed by atoms with Crippen molar-refractivity contribution in [3.63, 3.8) is 0 Å². The van der Waals surface area contributed by atoms with Gasteiger partial charge in [0.05, 0.1) is 11.0 Å². The monoisotopic (exact) mass is 585 g/mol. The second kappa shape index (κ2) is 10.0. The molecule has 213 valence electrons. The van der Waals surface area contributed by atoms with Crippen LogP contribution in [0.25, 0.3) is 33.0 Å². The summed E-state index contributed by atoms with van der Waals surface area (Å²) in [5.74, 6) is -0.0971. The third-order valence-electron chi connectivity index (χ3n) is 10.6. The van der Waals surface area contributed by atoms with E-state index in [1.807, 2.05) is 13.8 Å². The molecule has 0 bridgehead atoms. The number of ketones is 2. The van der Waals surface area contributed by atoms with E-state index in [1.54, 1.807) is 0 Å². The molecule has 5 rings (SSSR count). The summed E-state index contributed by atoms with van der Waals surface area (Å²) in [7, 11) is 4.13. The van der Waals surface area contributed by atoms with Gasteiger partial charge in [-0.2, -0.15) is 0 Å². The van der Waals surface area contributed by atoms with Crippen LogP contribution in [0.2, 0.25) is 0 Å². The number of hydrogen-bond acceptors (Lipinski definition) is 2. The SMILES string of the molecule is CC1=C(c2c(C)n(C)c3c(C)c(C)c(C)c(C)c23)C(=O)C(C)=C(c2c(C)n(C)c3c(C)c(C)c(C)c(C)c23)C1=O.[V]. The normalized spacial score (nSPS) is 14.3. The van der Waals surface area contributed by atoms with Crippen molar-refractivity contribution in [3.05, 3.63) is 78.2 Å². The van der Waals surface area contributed by atoms with Crippen molar-refractivity contribution in [2.45, 2.75) is 83.1 Å². The van der Waals surface area contributed by atoms with Gasteiger partial charge < -0.3 is 9.13 Å². The van der Waals surface area contributed by atoms with Gasteiger partial charge >= 0.3 is 0 Å². The average Bonchev–Trinajstić information content (AvgIpc) is 3.33. The number of carbonyl (C=O) groups is 2. The second-order valence-electron chi connectivity index (χ2n) is 12.1. The zero-order valence-electron chi connectivity index (χ0n) is 27.2. The maximum Gasteiger partial charge on any atom is 0.190 e. The molecule has 0 fully saturated rings. The summed E-state index contributed by atoms with van der Waals surface area (Å²) in [6, 6.07) is 0. The summed E-state index contributed by atoms with van der Waals surface area (Å²) in [4.78, 5) is 28.9. The molecule has 0 atom stereocenters. The number of aromatic nitrogens is 2. The van der Waals surface area contributed by atoms with Gasteiger partial charge in [-0.05, 0) is 128 Å². The Balaban J connectivity index is 0.00000387. The first kappa shape index (κ1) is 30.9. The first-order valence-electron chi connectivity index (χ1n) is 14.2. The van der Waals surface area contributed by atoms with Crippen molar-refractivity contribution >= 4 is 44.5 Å². The minimum absolute atomic E-state index is 0. The van der Waals surface area contributed by atoms with Crippen molar-refractivity contribution < 1.29 is 28.1 Å². The van der Waals surface area contributed by atoms with Gasteiger partial charge in [0, 0.05) is 88.2 Å². The predicted octanol–water partition coefficient (Wildman–Crippen LogP) is 8.15. The number of aryl methyl sites for hydroxylation is 6. The van der Waals surface area contributed by atoms with Crippen LogP contribution in [0.15, 0.2) is 11.1 Å². The van der Waals surface area contributed by atoms with E-state index in [2.05, 4.69) is 92.5 Å². The molecule has 0 saturated heterocycles. The van der Waals surface area contributed by atoms with E-state index in [0.29, 0.717) is 22.3 Å². The predicted molar refractivity (Wildman–Crippen MR) is 168 cm³/mol. The van der Waals surface area contributed by atoms with Crippen LogP contribution in [0.4, 0.5) is 0 Å². The first-order chi connectivity index (χ1) is 18.6. The molecule has 4 nitrogen and oxygen atoms in total. The van der Waals surface area contributed by atoms with Crippen LogP contribution in [-0.2, 0) is 42.2 Å². The van der Waals surface area contributed by atoms with Gasteiger partial charge in [0.1, 0.15) is 0 Å². The van der Waals surface area contributed by atoms with Crippen LogP contribution in [0, 0.1) is 69.2 Å². The molecule has 1 aliphatic rings. The molecule has 41 heavy (non-hydrogen) atoms. The first-order valence-corrected chi connectivity index (χ1v) is 14.2. The number of Topliss-reactive ketones (excluding diaryl/α,β-unsaturated/α-hetero) is 2. The molecule has 2 heterocycles. The van der Waals surface area contributed by atoms with Gasteiger partial charge in [0.25, 0.3) is 0 Å². The maximum absolute atomic E-state index is 14.5. The topological polar surface area (TPSA) is 44.0 Å². The Morgan fingerprint density at radius 3 is 0.976 bits per heavy atom. The Labute approximate surface area is 256 Å². The zero-order chi connectivity index (χ0) is 29.9. The van der Waals surface area contributed by atoms with E-state index in [4.69, 9.17) is 0 Å². The summed E-state index contributed by atoms with van der Waals surface area (Å²) < 4.78 is 4.39. The molecule has 4 aromatic rings. The van der Waals surface area contributed by atoms with E-state index >= 15 is 0 Å².